The van der Waals surface area contributed by atoms with Crippen LogP contribution < -0.4 is 10.5 Å². The maximum Gasteiger partial charge on any atom is 0.241 e. The Bertz CT molecular complexity index is 744. The van der Waals surface area contributed by atoms with E-state index in [2.05, 4.69) is 20.7 Å². The topological polar surface area (TPSA) is 72.2 Å². The van der Waals surface area contributed by atoms with Crippen LogP contribution in [0.1, 0.15) is 10.4 Å². The van der Waals surface area contributed by atoms with Crippen molar-refractivity contribution in [2.75, 3.05) is 5.73 Å². The molecule has 0 atom stereocenters. The highest BCUT2D eigenvalue weighted by Crippen LogP contribution is 2.23. The number of hydrogen-bond acceptors (Lipinski definition) is 4. The van der Waals surface area contributed by atoms with Crippen LogP contribution in [0.3, 0.4) is 0 Å². The Morgan fingerprint density at radius 1 is 1.40 bits per heavy atom. The van der Waals surface area contributed by atoms with E-state index in [-0.39, 0.29) is 17.1 Å². The Hall–Kier alpha value is -0.960. The van der Waals surface area contributed by atoms with Crippen molar-refractivity contribution in [1.82, 2.24) is 4.72 Å². The van der Waals surface area contributed by atoms with Crippen LogP contribution in [0.15, 0.2) is 32.9 Å². The molecule has 0 radical (unpaired) electrons. The molecule has 0 fully saturated rings. The van der Waals surface area contributed by atoms with E-state index in [1.807, 2.05) is 11.4 Å². The molecular formula is C12H12BrFN2O2S2. The fraction of sp³-hybridized carbons (Fsp3) is 0.167. The van der Waals surface area contributed by atoms with Gasteiger partial charge in [-0.05, 0) is 46.6 Å². The van der Waals surface area contributed by atoms with E-state index in [9.17, 15) is 12.8 Å². The minimum Gasteiger partial charge on any atom is -0.396 e. The minimum absolute atomic E-state index is 0.00739. The number of benzene rings is 1. The lowest BCUT2D eigenvalue weighted by Crippen LogP contribution is -2.23. The van der Waals surface area contributed by atoms with E-state index in [0.717, 1.165) is 21.5 Å². The van der Waals surface area contributed by atoms with Crippen LogP contribution in [0.2, 0.25) is 0 Å². The molecule has 0 bridgehead atoms. The van der Waals surface area contributed by atoms with Crippen molar-refractivity contribution in [2.24, 2.45) is 0 Å². The summed E-state index contributed by atoms with van der Waals surface area (Å²) in [6.45, 7) is 1.70. The second kappa shape index (κ2) is 5.80. The van der Waals surface area contributed by atoms with Crippen molar-refractivity contribution >= 4 is 43.0 Å². The molecule has 0 aliphatic heterocycles. The molecule has 0 aliphatic rings. The number of nitrogens with one attached hydrogen (secondary N) is 1. The van der Waals surface area contributed by atoms with Crippen LogP contribution in [0.25, 0.3) is 0 Å². The summed E-state index contributed by atoms with van der Waals surface area (Å²) in [6, 6.07) is 4.09. The summed E-state index contributed by atoms with van der Waals surface area (Å²) in [4.78, 5) is 0.861. The number of anilines is 1. The maximum absolute atomic E-state index is 13.3. The Kier molecular flexibility index (Phi) is 4.48. The molecule has 3 N–H and O–H groups in total. The fourth-order valence-corrected chi connectivity index (χ4v) is 4.40. The summed E-state index contributed by atoms with van der Waals surface area (Å²) in [5, 5.41) is 1.87. The molecule has 1 aromatic carbocycles. The largest absolute Gasteiger partial charge is 0.396 e. The maximum atomic E-state index is 13.3. The van der Waals surface area contributed by atoms with Gasteiger partial charge in [-0.3, -0.25) is 0 Å². The number of nitrogen functional groups attached to an aromatic ring is 1. The SMILES string of the molecule is Cc1cc(F)c(N)cc1S(=O)(=O)NCc1cc(Br)cs1. The highest BCUT2D eigenvalue weighted by molar-refractivity contribution is 9.10. The van der Waals surface area contributed by atoms with Crippen molar-refractivity contribution in [3.05, 3.63) is 44.3 Å². The Balaban J connectivity index is 2.24. The lowest BCUT2D eigenvalue weighted by molar-refractivity contribution is 0.580. The van der Waals surface area contributed by atoms with Gasteiger partial charge < -0.3 is 5.73 Å². The molecule has 20 heavy (non-hydrogen) atoms. The second-order valence-electron chi connectivity index (χ2n) is 4.20. The van der Waals surface area contributed by atoms with E-state index < -0.39 is 15.8 Å². The van der Waals surface area contributed by atoms with Gasteiger partial charge in [0.05, 0.1) is 10.6 Å². The van der Waals surface area contributed by atoms with E-state index in [1.54, 1.807) is 0 Å². The molecular weight excluding hydrogens is 367 g/mol. The first-order valence-electron chi connectivity index (χ1n) is 5.58. The van der Waals surface area contributed by atoms with E-state index in [0.29, 0.717) is 5.56 Å². The molecule has 0 saturated heterocycles. The van der Waals surface area contributed by atoms with Gasteiger partial charge in [0, 0.05) is 21.3 Å². The third kappa shape index (κ3) is 3.38. The summed E-state index contributed by atoms with van der Waals surface area (Å²) in [6.07, 6.45) is 0. The molecule has 2 aromatic rings. The number of hydrogen-bond donors (Lipinski definition) is 2. The predicted octanol–water partition coefficient (Wildman–Crippen LogP) is 3.02. The average molecular weight is 379 g/mol. The van der Waals surface area contributed by atoms with Gasteiger partial charge in [0.25, 0.3) is 0 Å². The summed E-state index contributed by atoms with van der Waals surface area (Å²) < 4.78 is 41.0. The second-order valence-corrected chi connectivity index (χ2v) is 7.84. The number of thiophene rings is 1. The lowest BCUT2D eigenvalue weighted by atomic mass is 10.2. The van der Waals surface area contributed by atoms with E-state index in [1.165, 1.54) is 18.3 Å². The van der Waals surface area contributed by atoms with Gasteiger partial charge in [-0.1, -0.05) is 0 Å². The normalized spacial score (nSPS) is 11.8. The van der Waals surface area contributed by atoms with E-state index >= 15 is 0 Å². The van der Waals surface area contributed by atoms with Crippen molar-refractivity contribution < 1.29 is 12.8 Å². The first kappa shape index (κ1) is 15.4. The number of rotatable bonds is 4. The fourth-order valence-electron chi connectivity index (χ4n) is 1.65. The number of aryl methyl sites for hydroxylation is 1. The van der Waals surface area contributed by atoms with Crippen LogP contribution in [-0.4, -0.2) is 8.42 Å². The molecule has 0 spiro atoms. The third-order valence-electron chi connectivity index (χ3n) is 2.64. The van der Waals surface area contributed by atoms with Crippen LogP contribution in [0, 0.1) is 12.7 Å². The Labute approximate surface area is 129 Å². The van der Waals surface area contributed by atoms with Gasteiger partial charge in [0.15, 0.2) is 0 Å². The van der Waals surface area contributed by atoms with Crippen molar-refractivity contribution in [3.8, 4) is 0 Å². The van der Waals surface area contributed by atoms with Crippen LogP contribution in [0.5, 0.6) is 0 Å². The first-order chi connectivity index (χ1) is 9.29. The van der Waals surface area contributed by atoms with Gasteiger partial charge >= 0.3 is 0 Å². The van der Waals surface area contributed by atoms with E-state index in [4.69, 9.17) is 5.73 Å². The average Bonchev–Trinajstić information content (AvgIpc) is 2.77. The number of halogens is 2. The zero-order chi connectivity index (χ0) is 14.9. The molecule has 1 aromatic heterocycles. The molecule has 0 unspecified atom stereocenters. The van der Waals surface area contributed by atoms with Gasteiger partial charge in [0.2, 0.25) is 10.0 Å². The summed E-state index contributed by atoms with van der Waals surface area (Å²) in [5.41, 5.74) is 5.56. The molecule has 0 amide bonds. The van der Waals surface area contributed by atoms with Gasteiger partial charge in [-0.15, -0.1) is 11.3 Å². The molecule has 0 saturated carbocycles. The van der Waals surface area contributed by atoms with Crippen molar-refractivity contribution in [3.63, 3.8) is 0 Å². The third-order valence-corrected chi connectivity index (χ3v) is 5.88. The van der Waals surface area contributed by atoms with Crippen LogP contribution in [0.4, 0.5) is 10.1 Å². The lowest BCUT2D eigenvalue weighted by Gasteiger charge is -2.10. The van der Waals surface area contributed by atoms with Crippen molar-refractivity contribution in [2.45, 2.75) is 18.4 Å². The quantitative estimate of drug-likeness (QED) is 0.803. The predicted molar refractivity (Wildman–Crippen MR) is 81.6 cm³/mol. The molecule has 108 valence electrons. The minimum atomic E-state index is -3.72. The molecule has 1 heterocycles. The monoisotopic (exact) mass is 378 g/mol. The number of sulfonamides is 1. The first-order valence-corrected chi connectivity index (χ1v) is 8.73. The van der Waals surface area contributed by atoms with Gasteiger partial charge in [-0.2, -0.15) is 0 Å². The zero-order valence-corrected chi connectivity index (χ0v) is 13.7. The Morgan fingerprint density at radius 2 is 2.10 bits per heavy atom. The molecule has 2 rings (SSSR count). The zero-order valence-electron chi connectivity index (χ0n) is 10.5. The highest BCUT2D eigenvalue weighted by atomic mass is 79.9. The molecule has 8 heteroatoms. The summed E-state index contributed by atoms with van der Waals surface area (Å²) in [7, 11) is -3.72. The van der Waals surface area contributed by atoms with Crippen LogP contribution >= 0.6 is 27.3 Å². The van der Waals surface area contributed by atoms with Gasteiger partial charge in [0.1, 0.15) is 5.82 Å². The number of nitrogens with two attached hydrogens (primary N) is 1. The highest BCUT2D eigenvalue weighted by Gasteiger charge is 2.18. The smallest absolute Gasteiger partial charge is 0.241 e. The standard InChI is InChI=1S/C12H12BrFN2O2S2/c1-7-2-10(14)11(15)4-12(7)20(17,18)16-5-9-3-8(13)6-19-9/h2-4,6,16H,5,15H2,1H3. The molecule has 0 aliphatic carbocycles. The van der Waals surface area contributed by atoms with Gasteiger partial charge in [-0.25, -0.2) is 17.5 Å². The molecule has 4 nitrogen and oxygen atoms in total. The Morgan fingerprint density at radius 3 is 2.70 bits per heavy atom. The van der Waals surface area contributed by atoms with Crippen LogP contribution in [-0.2, 0) is 16.6 Å². The summed E-state index contributed by atoms with van der Waals surface area (Å²) in [5.74, 6) is -0.622. The van der Waals surface area contributed by atoms with Crippen molar-refractivity contribution in [1.29, 1.82) is 0 Å². The summed E-state index contributed by atoms with van der Waals surface area (Å²) >= 11 is 4.74.